The molecule has 164 valence electrons. The van der Waals surface area contributed by atoms with Gasteiger partial charge in [-0.05, 0) is 92.8 Å². The highest BCUT2D eigenvalue weighted by Gasteiger charge is 2.68. The second-order valence-electron chi connectivity index (χ2n) is 11.6. The Labute approximate surface area is 181 Å². The number of carbonyl (C=O) groups is 2. The van der Waals surface area contributed by atoms with E-state index in [0.29, 0.717) is 29.5 Å². The van der Waals surface area contributed by atoms with E-state index in [1.54, 1.807) is 5.57 Å². The van der Waals surface area contributed by atoms with Gasteiger partial charge in [-0.15, -0.1) is 0 Å². The first kappa shape index (κ1) is 20.5. The third-order valence-electron chi connectivity index (χ3n) is 10.7. The SMILES string of the molecule is CC(=O)O[C@H]1CC[C@]2(C)C(=CC[C@H]3[C@@H]2CC[C@]2(C)[C@H]3C[C@H]3CC=CC[C@]32C(C)=O)C1. The molecule has 0 heterocycles. The average molecular weight is 411 g/mol. The highest BCUT2D eigenvalue weighted by Crippen LogP contribution is 2.73. The van der Waals surface area contributed by atoms with Crippen molar-refractivity contribution in [3.63, 3.8) is 0 Å². The van der Waals surface area contributed by atoms with Gasteiger partial charge in [-0.3, -0.25) is 9.59 Å². The second-order valence-corrected chi connectivity index (χ2v) is 11.6. The lowest BCUT2D eigenvalue weighted by molar-refractivity contribution is -0.150. The number of ether oxygens (including phenoxy) is 1. The number of rotatable bonds is 2. The molecular weight excluding hydrogens is 372 g/mol. The molecular formula is C27H38O3. The summed E-state index contributed by atoms with van der Waals surface area (Å²) in [6, 6.07) is 0. The summed E-state index contributed by atoms with van der Waals surface area (Å²) in [5.41, 5.74) is 1.81. The normalized spacial score (nSPS) is 49.2. The maximum absolute atomic E-state index is 13.2. The number of carbonyl (C=O) groups excluding carboxylic acids is 2. The summed E-state index contributed by atoms with van der Waals surface area (Å²) in [7, 11) is 0. The number of ketones is 1. The maximum atomic E-state index is 13.2. The fourth-order valence-corrected chi connectivity index (χ4v) is 9.31. The van der Waals surface area contributed by atoms with E-state index >= 15 is 0 Å². The van der Waals surface area contributed by atoms with E-state index in [0.717, 1.165) is 38.5 Å². The third kappa shape index (κ3) is 2.56. The van der Waals surface area contributed by atoms with Crippen molar-refractivity contribution in [1.29, 1.82) is 0 Å². The molecule has 0 spiro atoms. The average Bonchev–Trinajstić information content (AvgIpc) is 2.98. The van der Waals surface area contributed by atoms with E-state index in [1.807, 2.05) is 6.92 Å². The summed E-state index contributed by atoms with van der Waals surface area (Å²) in [6.07, 6.45) is 17.1. The van der Waals surface area contributed by atoms with Crippen LogP contribution in [-0.4, -0.2) is 17.9 Å². The summed E-state index contributed by atoms with van der Waals surface area (Å²) in [5.74, 6) is 2.90. The molecule has 0 radical (unpaired) electrons. The number of Topliss-reactive ketones (excluding diaryl/α,β-unsaturated/α-hetero) is 1. The lowest BCUT2D eigenvalue weighted by Gasteiger charge is -2.60. The van der Waals surface area contributed by atoms with E-state index in [1.165, 1.54) is 26.2 Å². The molecule has 0 aromatic rings. The largest absolute Gasteiger partial charge is 0.462 e. The van der Waals surface area contributed by atoms with Crippen molar-refractivity contribution in [2.45, 2.75) is 91.6 Å². The Bertz CT molecular complexity index is 824. The van der Waals surface area contributed by atoms with E-state index in [4.69, 9.17) is 4.74 Å². The van der Waals surface area contributed by atoms with Crippen LogP contribution in [0.2, 0.25) is 0 Å². The van der Waals surface area contributed by atoms with Crippen LogP contribution in [0.15, 0.2) is 23.8 Å². The van der Waals surface area contributed by atoms with Gasteiger partial charge in [0, 0.05) is 18.8 Å². The van der Waals surface area contributed by atoms with Crippen LogP contribution in [-0.2, 0) is 14.3 Å². The van der Waals surface area contributed by atoms with E-state index in [9.17, 15) is 9.59 Å². The standard InChI is InChI=1S/C27H38O3/c1-17(28)27-12-6-5-7-20(27)16-24-22-9-8-19-15-21(30-18(2)29)10-13-25(19,3)23(22)11-14-26(24,27)4/h5-6,8,20-24H,7,9-16H2,1-4H3/t20-,21+,22+,23+,24+,25-,26-,27+/m1/s1. The molecule has 0 unspecified atom stereocenters. The smallest absolute Gasteiger partial charge is 0.302 e. The molecule has 0 bridgehead atoms. The van der Waals surface area contributed by atoms with Gasteiger partial charge in [0.2, 0.25) is 0 Å². The lowest BCUT2D eigenvalue weighted by atomic mass is 9.44. The summed E-state index contributed by atoms with van der Waals surface area (Å²) >= 11 is 0. The topological polar surface area (TPSA) is 43.4 Å². The summed E-state index contributed by atoms with van der Waals surface area (Å²) < 4.78 is 5.59. The van der Waals surface area contributed by atoms with Crippen molar-refractivity contribution in [1.82, 2.24) is 0 Å². The number of hydrogen-bond acceptors (Lipinski definition) is 3. The van der Waals surface area contributed by atoms with Crippen molar-refractivity contribution in [2.75, 3.05) is 0 Å². The lowest BCUT2D eigenvalue weighted by Crippen LogP contribution is -2.55. The Morgan fingerprint density at radius 2 is 1.83 bits per heavy atom. The van der Waals surface area contributed by atoms with Gasteiger partial charge in [0.25, 0.3) is 0 Å². The van der Waals surface area contributed by atoms with Gasteiger partial charge in [-0.1, -0.05) is 37.6 Å². The van der Waals surface area contributed by atoms with Crippen LogP contribution in [0.3, 0.4) is 0 Å². The predicted octanol–water partition coefficient (Wildman–Crippen LogP) is 6.03. The zero-order chi connectivity index (χ0) is 21.3. The molecule has 0 aromatic carbocycles. The molecule has 3 fully saturated rings. The van der Waals surface area contributed by atoms with Gasteiger partial charge >= 0.3 is 5.97 Å². The molecule has 0 saturated heterocycles. The van der Waals surface area contributed by atoms with Crippen molar-refractivity contribution in [3.05, 3.63) is 23.8 Å². The first-order valence-corrected chi connectivity index (χ1v) is 12.2. The fourth-order valence-electron chi connectivity index (χ4n) is 9.31. The summed E-state index contributed by atoms with van der Waals surface area (Å²) in [5, 5.41) is 0. The Morgan fingerprint density at radius 3 is 2.57 bits per heavy atom. The van der Waals surface area contributed by atoms with E-state index < -0.39 is 0 Å². The predicted molar refractivity (Wildman–Crippen MR) is 118 cm³/mol. The van der Waals surface area contributed by atoms with Gasteiger partial charge < -0.3 is 4.74 Å². The van der Waals surface area contributed by atoms with E-state index in [-0.39, 0.29) is 28.3 Å². The van der Waals surface area contributed by atoms with Crippen molar-refractivity contribution in [3.8, 4) is 0 Å². The Balaban J connectivity index is 1.47. The molecule has 5 aliphatic rings. The summed E-state index contributed by atoms with van der Waals surface area (Å²) in [4.78, 5) is 24.6. The van der Waals surface area contributed by atoms with Crippen LogP contribution in [0.5, 0.6) is 0 Å². The Kier molecular flexibility index (Phi) is 4.66. The van der Waals surface area contributed by atoms with Crippen LogP contribution in [0.1, 0.15) is 85.5 Å². The number of allylic oxidation sites excluding steroid dienone is 3. The van der Waals surface area contributed by atoms with Gasteiger partial charge in [0.05, 0.1) is 0 Å². The third-order valence-corrected chi connectivity index (χ3v) is 10.7. The molecule has 5 rings (SSSR count). The second kappa shape index (κ2) is 6.81. The van der Waals surface area contributed by atoms with Gasteiger partial charge in [0.15, 0.2) is 0 Å². The fraction of sp³-hybridized carbons (Fsp3) is 0.778. The first-order chi connectivity index (χ1) is 14.2. The molecule has 30 heavy (non-hydrogen) atoms. The summed E-state index contributed by atoms with van der Waals surface area (Å²) in [6.45, 7) is 8.38. The number of hydrogen-bond donors (Lipinski definition) is 0. The molecule has 0 aliphatic heterocycles. The Hall–Kier alpha value is -1.38. The molecule has 0 N–H and O–H groups in total. The monoisotopic (exact) mass is 410 g/mol. The zero-order valence-electron chi connectivity index (χ0n) is 19.2. The molecule has 0 amide bonds. The quantitative estimate of drug-likeness (QED) is 0.412. The van der Waals surface area contributed by atoms with E-state index in [2.05, 4.69) is 32.1 Å². The van der Waals surface area contributed by atoms with Crippen molar-refractivity contribution in [2.24, 2.45) is 39.9 Å². The van der Waals surface area contributed by atoms with Crippen molar-refractivity contribution >= 4 is 11.8 Å². The van der Waals surface area contributed by atoms with Gasteiger partial charge in [-0.2, -0.15) is 0 Å². The molecule has 0 aromatic heterocycles. The minimum Gasteiger partial charge on any atom is -0.462 e. The van der Waals surface area contributed by atoms with Gasteiger partial charge in [-0.25, -0.2) is 0 Å². The van der Waals surface area contributed by atoms with Crippen molar-refractivity contribution < 1.29 is 14.3 Å². The first-order valence-electron chi connectivity index (χ1n) is 12.2. The maximum Gasteiger partial charge on any atom is 0.302 e. The van der Waals surface area contributed by atoms with Crippen LogP contribution >= 0.6 is 0 Å². The molecule has 3 nitrogen and oxygen atoms in total. The van der Waals surface area contributed by atoms with Crippen LogP contribution in [0.4, 0.5) is 0 Å². The van der Waals surface area contributed by atoms with Crippen LogP contribution in [0.25, 0.3) is 0 Å². The minimum atomic E-state index is -0.150. The molecule has 3 saturated carbocycles. The number of esters is 1. The molecule has 5 aliphatic carbocycles. The zero-order valence-corrected chi connectivity index (χ0v) is 19.2. The highest BCUT2D eigenvalue weighted by atomic mass is 16.5. The highest BCUT2D eigenvalue weighted by molar-refractivity contribution is 5.85. The van der Waals surface area contributed by atoms with Crippen LogP contribution in [0, 0.1) is 39.9 Å². The molecule has 3 heteroatoms. The number of fused-ring (bicyclic) bond motifs is 7. The van der Waals surface area contributed by atoms with Gasteiger partial charge in [0.1, 0.15) is 11.9 Å². The molecule has 8 atom stereocenters. The van der Waals surface area contributed by atoms with Crippen LogP contribution < -0.4 is 0 Å². The minimum absolute atomic E-state index is 0.0636. The Morgan fingerprint density at radius 1 is 1.03 bits per heavy atom.